The summed E-state index contributed by atoms with van der Waals surface area (Å²) < 4.78 is 0. The van der Waals surface area contributed by atoms with Crippen molar-refractivity contribution in [3.63, 3.8) is 0 Å². The van der Waals surface area contributed by atoms with Crippen LogP contribution in [0.2, 0.25) is 0 Å². The van der Waals surface area contributed by atoms with E-state index in [4.69, 9.17) is 5.11 Å². The molecule has 1 aromatic heterocycles. The lowest BCUT2D eigenvalue weighted by molar-refractivity contribution is -0.118. The van der Waals surface area contributed by atoms with E-state index in [0.717, 1.165) is 67.1 Å². The van der Waals surface area contributed by atoms with Gasteiger partial charge in [-0.05, 0) is 127 Å². The van der Waals surface area contributed by atoms with Crippen molar-refractivity contribution in [3.05, 3.63) is 95.1 Å². The standard InChI is InChI=1S/C18H36O.C14H13N3O.C12H22O2.C8H10/c1-2-3-4-5-6-7-8-9-10-11-12-13-14-15-16-17-18-19;1-9-7-10(2)14(18)13(8-9)17-15-11-5-3-4-6-12(11)16-17;1-11(13)9-7-5-3-4-6-8-10-12(2)14;1-7-5-3-4-6-8(7)2/h9-10,19H,2-8,11-18H2,1H3;3-8,18H,1-2H3;3-10H2,1-2H3;3-6H,1-2H3/b10-9+;;;. The first-order valence-electron chi connectivity index (χ1n) is 22.9. The molecule has 0 aliphatic carbocycles. The lowest BCUT2D eigenvalue weighted by atomic mass is 10.1. The normalized spacial score (nSPS) is 10.7. The molecule has 0 radical (unpaired) electrons. The van der Waals surface area contributed by atoms with Gasteiger partial charge in [0.2, 0.25) is 0 Å². The number of allylic oxidation sites excluding steroid dienone is 2. The molecule has 0 fully saturated rings. The molecule has 0 spiro atoms. The van der Waals surface area contributed by atoms with E-state index in [1.165, 1.54) is 112 Å². The van der Waals surface area contributed by atoms with Gasteiger partial charge in [0.1, 0.15) is 34.0 Å². The summed E-state index contributed by atoms with van der Waals surface area (Å²) in [5.74, 6) is 0.809. The third-order valence-electron chi connectivity index (χ3n) is 10.3. The van der Waals surface area contributed by atoms with Crippen LogP contribution in [0.3, 0.4) is 0 Å². The van der Waals surface area contributed by atoms with Crippen molar-refractivity contribution >= 4 is 22.6 Å². The Kier molecular flexibility index (Phi) is 31.2. The van der Waals surface area contributed by atoms with Crippen LogP contribution in [0.5, 0.6) is 5.75 Å². The average Bonchev–Trinajstić information content (AvgIpc) is 3.65. The van der Waals surface area contributed by atoms with Crippen molar-refractivity contribution in [1.29, 1.82) is 0 Å². The molecular formula is C52H81N3O4. The lowest BCUT2D eigenvalue weighted by Gasteiger charge is -2.07. The van der Waals surface area contributed by atoms with E-state index in [-0.39, 0.29) is 5.75 Å². The first kappa shape index (κ1) is 52.9. The maximum atomic E-state index is 10.6. The number of aromatic nitrogens is 3. The van der Waals surface area contributed by atoms with E-state index in [9.17, 15) is 14.7 Å². The number of rotatable bonds is 25. The average molecular weight is 812 g/mol. The zero-order valence-corrected chi connectivity index (χ0v) is 38.2. The van der Waals surface area contributed by atoms with Crippen molar-refractivity contribution in [3.8, 4) is 11.4 Å². The van der Waals surface area contributed by atoms with Gasteiger partial charge in [0.05, 0.1) is 0 Å². The van der Waals surface area contributed by atoms with Crippen LogP contribution in [0.25, 0.3) is 16.7 Å². The van der Waals surface area contributed by atoms with Crippen molar-refractivity contribution < 1.29 is 19.8 Å². The van der Waals surface area contributed by atoms with Gasteiger partial charge in [-0.15, -0.1) is 15.0 Å². The van der Waals surface area contributed by atoms with Crippen LogP contribution in [0, 0.1) is 27.7 Å². The number of aromatic hydroxyl groups is 1. The van der Waals surface area contributed by atoms with Gasteiger partial charge >= 0.3 is 0 Å². The summed E-state index contributed by atoms with van der Waals surface area (Å²) >= 11 is 0. The molecule has 0 unspecified atom stereocenters. The van der Waals surface area contributed by atoms with Gasteiger partial charge in [0.15, 0.2) is 0 Å². The number of aliphatic hydroxyl groups excluding tert-OH is 1. The van der Waals surface area contributed by atoms with Crippen LogP contribution in [0.15, 0.2) is 72.8 Å². The fourth-order valence-electron chi connectivity index (χ4n) is 6.53. The number of aliphatic hydroxyl groups is 1. The van der Waals surface area contributed by atoms with Crippen LogP contribution in [0.1, 0.15) is 184 Å². The third-order valence-corrected chi connectivity index (χ3v) is 10.3. The van der Waals surface area contributed by atoms with Gasteiger partial charge in [-0.2, -0.15) is 0 Å². The maximum Gasteiger partial charge on any atom is 0.146 e. The molecule has 0 aliphatic rings. The predicted octanol–water partition coefficient (Wildman–Crippen LogP) is 14.3. The van der Waals surface area contributed by atoms with Crippen LogP contribution in [-0.4, -0.2) is 43.4 Å². The number of carbonyl (C=O) groups excluding carboxylic acids is 2. The number of phenols is 1. The molecule has 2 N–H and O–H groups in total. The second-order valence-electron chi connectivity index (χ2n) is 16.2. The van der Waals surface area contributed by atoms with Crippen LogP contribution >= 0.6 is 0 Å². The molecule has 4 aromatic rings. The number of unbranched alkanes of at least 4 members (excludes halogenated alkanes) is 17. The minimum atomic E-state index is 0.223. The van der Waals surface area contributed by atoms with E-state index in [1.54, 1.807) is 13.8 Å². The summed E-state index contributed by atoms with van der Waals surface area (Å²) in [6, 6.07) is 19.8. The maximum absolute atomic E-state index is 10.6. The highest BCUT2D eigenvalue weighted by Crippen LogP contribution is 2.27. The van der Waals surface area contributed by atoms with Crippen LogP contribution in [0.4, 0.5) is 0 Å². The fraction of sp³-hybridized carbons (Fsp3) is 0.577. The van der Waals surface area contributed by atoms with Gasteiger partial charge in [-0.3, -0.25) is 0 Å². The van der Waals surface area contributed by atoms with Crippen molar-refractivity contribution in [2.24, 2.45) is 0 Å². The SMILES string of the molecule is CC(=O)CCCCCCCCC(C)=O.CCCCCCCC/C=C/CCCCCCCCO.Cc1cc(C)c(O)c(-n2nc3ccccc3n2)c1.Cc1ccccc1C. The van der Waals surface area contributed by atoms with Gasteiger partial charge in [0.25, 0.3) is 0 Å². The van der Waals surface area contributed by atoms with Crippen LogP contribution in [-0.2, 0) is 9.59 Å². The summed E-state index contributed by atoms with van der Waals surface area (Å²) in [5, 5.41) is 27.5. The molecule has 328 valence electrons. The molecule has 0 bridgehead atoms. The number of fused-ring (bicyclic) bond motifs is 1. The zero-order valence-electron chi connectivity index (χ0n) is 38.2. The Bertz CT molecular complexity index is 1640. The van der Waals surface area contributed by atoms with E-state index in [1.807, 2.05) is 50.2 Å². The number of hydrogen-bond donors (Lipinski definition) is 2. The molecule has 0 amide bonds. The molecule has 0 saturated carbocycles. The molecule has 0 saturated heterocycles. The number of carbonyl (C=O) groups is 2. The first-order chi connectivity index (χ1) is 28.5. The molecule has 0 aliphatic heterocycles. The number of ketones is 2. The van der Waals surface area contributed by atoms with Crippen molar-refractivity contribution in [2.45, 2.75) is 190 Å². The van der Waals surface area contributed by atoms with E-state index >= 15 is 0 Å². The predicted molar refractivity (Wildman–Crippen MR) is 251 cm³/mol. The Hall–Kier alpha value is -4.10. The molecule has 7 nitrogen and oxygen atoms in total. The molecular weight excluding hydrogens is 731 g/mol. The zero-order chi connectivity index (χ0) is 43.5. The highest BCUT2D eigenvalue weighted by Gasteiger charge is 2.11. The number of benzene rings is 3. The smallest absolute Gasteiger partial charge is 0.146 e. The number of aryl methyl sites for hydroxylation is 4. The Labute approximate surface area is 359 Å². The van der Waals surface area contributed by atoms with E-state index < -0.39 is 0 Å². The number of hydrogen-bond acceptors (Lipinski definition) is 6. The molecule has 0 atom stereocenters. The van der Waals surface area contributed by atoms with E-state index in [0.29, 0.717) is 23.9 Å². The molecule has 7 heteroatoms. The van der Waals surface area contributed by atoms with Gasteiger partial charge in [-0.1, -0.05) is 145 Å². The van der Waals surface area contributed by atoms with Gasteiger partial charge in [0, 0.05) is 19.4 Å². The number of Topliss-reactive ketones (excluding diaryl/α,β-unsaturated/α-hetero) is 2. The quantitative estimate of drug-likeness (QED) is 0.0510. The summed E-state index contributed by atoms with van der Waals surface area (Å²) in [7, 11) is 0. The summed E-state index contributed by atoms with van der Waals surface area (Å²) in [4.78, 5) is 22.7. The summed E-state index contributed by atoms with van der Waals surface area (Å²) in [6.45, 7) is 14.0. The Morgan fingerprint density at radius 3 is 1.39 bits per heavy atom. The number of phenolic OH excluding ortho intramolecular Hbond substituents is 1. The lowest BCUT2D eigenvalue weighted by Crippen LogP contribution is -2.00. The summed E-state index contributed by atoms with van der Waals surface area (Å²) in [6.07, 6.45) is 31.4. The highest BCUT2D eigenvalue weighted by atomic mass is 16.3. The van der Waals surface area contributed by atoms with Crippen molar-refractivity contribution in [1.82, 2.24) is 15.0 Å². The second kappa shape index (κ2) is 34.7. The highest BCUT2D eigenvalue weighted by molar-refractivity contribution is 5.75. The Morgan fingerprint density at radius 2 is 0.966 bits per heavy atom. The molecule has 4 rings (SSSR count). The van der Waals surface area contributed by atoms with Crippen LogP contribution < -0.4 is 0 Å². The van der Waals surface area contributed by atoms with Gasteiger partial charge < -0.3 is 19.8 Å². The Morgan fingerprint density at radius 1 is 0.559 bits per heavy atom. The second-order valence-corrected chi connectivity index (χ2v) is 16.2. The molecule has 1 heterocycles. The monoisotopic (exact) mass is 812 g/mol. The van der Waals surface area contributed by atoms with E-state index in [2.05, 4.69) is 67.4 Å². The molecule has 3 aromatic carbocycles. The van der Waals surface area contributed by atoms with Gasteiger partial charge in [-0.25, -0.2) is 0 Å². The minimum absolute atomic E-state index is 0.223. The topological polar surface area (TPSA) is 105 Å². The fourth-order valence-corrected chi connectivity index (χ4v) is 6.53. The minimum Gasteiger partial charge on any atom is -0.505 e. The Balaban J connectivity index is 0.000000408. The first-order valence-corrected chi connectivity index (χ1v) is 22.9. The third kappa shape index (κ3) is 27.3. The summed E-state index contributed by atoms with van der Waals surface area (Å²) in [5.41, 5.74) is 6.88. The van der Waals surface area contributed by atoms with Crippen molar-refractivity contribution in [2.75, 3.05) is 6.61 Å². The largest absolute Gasteiger partial charge is 0.505 e. The number of nitrogens with zero attached hydrogens (tertiary/aromatic N) is 3. The molecule has 59 heavy (non-hydrogen) atoms.